The van der Waals surface area contributed by atoms with Crippen LogP contribution in [0.25, 0.3) is 5.69 Å². The Morgan fingerprint density at radius 2 is 1.86 bits per heavy atom. The normalized spacial score (nSPS) is 10.9. The van der Waals surface area contributed by atoms with Gasteiger partial charge in [-0.3, -0.25) is 9.36 Å². The molecule has 192 valence electrons. The zero-order valence-electron chi connectivity index (χ0n) is 21.3. The number of halogens is 1. The van der Waals surface area contributed by atoms with Crippen LogP contribution in [0.15, 0.2) is 71.9 Å². The van der Waals surface area contributed by atoms with Crippen LogP contribution in [-0.4, -0.2) is 27.3 Å². The molecule has 4 rings (SSSR count). The maximum absolute atomic E-state index is 12.9. The average molecular weight is 535 g/mol. The molecule has 0 aliphatic carbocycles. The van der Waals surface area contributed by atoms with E-state index in [4.69, 9.17) is 16.3 Å². The number of rotatable bonds is 11. The molecule has 0 aliphatic rings. The fourth-order valence-corrected chi connectivity index (χ4v) is 4.89. The molecule has 8 heteroatoms. The third-order valence-corrected chi connectivity index (χ3v) is 7.09. The fraction of sp³-hybridized carbons (Fsp3) is 0.276. The lowest BCUT2D eigenvalue weighted by atomic mass is 10.2. The maximum Gasteiger partial charge on any atom is 0.251 e. The van der Waals surface area contributed by atoms with E-state index in [9.17, 15) is 4.79 Å². The molecule has 0 radical (unpaired) electrons. The number of hydrogen-bond acceptors (Lipinski definition) is 5. The van der Waals surface area contributed by atoms with E-state index in [0.717, 1.165) is 40.8 Å². The molecule has 3 aromatic carbocycles. The van der Waals surface area contributed by atoms with E-state index in [-0.39, 0.29) is 12.5 Å². The van der Waals surface area contributed by atoms with Crippen LogP contribution in [0.5, 0.6) is 5.75 Å². The number of carbonyl (C=O) groups excluding carboxylic acids is 1. The van der Waals surface area contributed by atoms with E-state index in [1.807, 2.05) is 41.8 Å². The summed E-state index contributed by atoms with van der Waals surface area (Å²) in [5.74, 6) is 1.95. The van der Waals surface area contributed by atoms with Crippen molar-refractivity contribution < 1.29 is 9.53 Å². The highest BCUT2D eigenvalue weighted by Gasteiger charge is 2.18. The van der Waals surface area contributed by atoms with Gasteiger partial charge in [-0.05, 0) is 67.8 Å². The Morgan fingerprint density at radius 3 is 2.62 bits per heavy atom. The molecule has 1 heterocycles. The van der Waals surface area contributed by atoms with E-state index in [2.05, 4.69) is 53.6 Å². The number of ether oxygens (including phenoxy) is 1. The summed E-state index contributed by atoms with van der Waals surface area (Å²) >= 11 is 7.95. The quantitative estimate of drug-likeness (QED) is 0.167. The predicted molar refractivity (Wildman–Crippen MR) is 150 cm³/mol. The molecule has 0 saturated carbocycles. The number of benzene rings is 3. The number of thioether (sulfide) groups is 1. The van der Waals surface area contributed by atoms with Crippen LogP contribution in [0.4, 0.5) is 0 Å². The summed E-state index contributed by atoms with van der Waals surface area (Å²) in [7, 11) is 0. The molecule has 0 unspecified atom stereocenters. The molecule has 6 nitrogen and oxygen atoms in total. The molecule has 37 heavy (non-hydrogen) atoms. The first-order valence-electron chi connectivity index (χ1n) is 12.3. The van der Waals surface area contributed by atoms with Crippen molar-refractivity contribution >= 4 is 29.3 Å². The zero-order valence-corrected chi connectivity index (χ0v) is 22.9. The minimum absolute atomic E-state index is 0.188. The Balaban J connectivity index is 1.52. The van der Waals surface area contributed by atoms with Crippen molar-refractivity contribution in [3.8, 4) is 11.4 Å². The molecule has 0 fully saturated rings. The first-order chi connectivity index (χ1) is 17.9. The molecule has 0 saturated heterocycles. The highest BCUT2D eigenvalue weighted by molar-refractivity contribution is 7.98. The zero-order chi connectivity index (χ0) is 26.2. The van der Waals surface area contributed by atoms with Crippen molar-refractivity contribution in [2.24, 2.45) is 0 Å². The Morgan fingerprint density at radius 1 is 1.05 bits per heavy atom. The highest BCUT2D eigenvalue weighted by Crippen LogP contribution is 2.28. The highest BCUT2D eigenvalue weighted by atomic mass is 35.5. The third kappa shape index (κ3) is 7.14. The molecule has 0 aliphatic heterocycles. The molecular formula is C29H31ClN4O2S. The van der Waals surface area contributed by atoms with Crippen molar-refractivity contribution in [1.82, 2.24) is 20.1 Å². The van der Waals surface area contributed by atoms with Gasteiger partial charge in [0.15, 0.2) is 11.0 Å². The van der Waals surface area contributed by atoms with E-state index in [0.29, 0.717) is 23.0 Å². The summed E-state index contributed by atoms with van der Waals surface area (Å²) in [6, 6.07) is 21.3. The summed E-state index contributed by atoms with van der Waals surface area (Å²) in [4.78, 5) is 12.9. The maximum atomic E-state index is 12.9. The number of nitrogens with zero attached hydrogens (tertiary/aromatic N) is 3. The summed E-state index contributed by atoms with van der Waals surface area (Å²) < 4.78 is 7.67. The molecule has 4 aromatic rings. The van der Waals surface area contributed by atoms with E-state index >= 15 is 0 Å². The van der Waals surface area contributed by atoms with Gasteiger partial charge in [-0.1, -0.05) is 72.6 Å². The van der Waals surface area contributed by atoms with Gasteiger partial charge in [-0.15, -0.1) is 10.2 Å². The molecule has 0 spiro atoms. The average Bonchev–Trinajstić information content (AvgIpc) is 3.30. The van der Waals surface area contributed by atoms with Gasteiger partial charge in [0.05, 0.1) is 18.8 Å². The van der Waals surface area contributed by atoms with Crippen molar-refractivity contribution in [3.05, 3.63) is 99.8 Å². The van der Waals surface area contributed by atoms with Crippen molar-refractivity contribution in [2.45, 2.75) is 51.1 Å². The fourth-order valence-electron chi connectivity index (χ4n) is 3.82. The van der Waals surface area contributed by atoms with E-state index in [1.54, 1.807) is 23.9 Å². The molecular weight excluding hydrogens is 504 g/mol. The number of aryl methyl sites for hydroxylation is 2. The Hall–Kier alpha value is -3.29. The van der Waals surface area contributed by atoms with Crippen LogP contribution in [0.1, 0.15) is 52.6 Å². The number of amides is 1. The first kappa shape index (κ1) is 26.8. The second-order valence-corrected chi connectivity index (χ2v) is 10.2. The van der Waals surface area contributed by atoms with Gasteiger partial charge in [0.2, 0.25) is 0 Å². The van der Waals surface area contributed by atoms with Crippen LogP contribution in [0.2, 0.25) is 5.02 Å². The Labute approximate surface area is 227 Å². The topological polar surface area (TPSA) is 69.0 Å². The van der Waals surface area contributed by atoms with Gasteiger partial charge < -0.3 is 10.1 Å². The Kier molecular flexibility index (Phi) is 9.25. The number of aromatic nitrogens is 3. The first-order valence-corrected chi connectivity index (χ1v) is 13.7. The lowest BCUT2D eigenvalue weighted by molar-refractivity contribution is 0.0949. The predicted octanol–water partition coefficient (Wildman–Crippen LogP) is 6.94. The van der Waals surface area contributed by atoms with Crippen LogP contribution in [0.3, 0.4) is 0 Å². The van der Waals surface area contributed by atoms with Crippen LogP contribution in [0, 0.1) is 13.8 Å². The van der Waals surface area contributed by atoms with Crippen LogP contribution >= 0.6 is 23.4 Å². The van der Waals surface area contributed by atoms with Gasteiger partial charge in [0, 0.05) is 16.3 Å². The minimum atomic E-state index is -0.188. The van der Waals surface area contributed by atoms with Crippen molar-refractivity contribution in [2.75, 3.05) is 6.61 Å². The summed E-state index contributed by atoms with van der Waals surface area (Å²) in [5, 5.41) is 13.2. The summed E-state index contributed by atoms with van der Waals surface area (Å²) in [6.07, 6.45) is 2.08. The SMILES string of the molecule is CCCCOc1ccc(C(=O)NCc2nnc(SCc3cccc(C)c3)n2-c2cc(Cl)ccc2C)cc1. The lowest BCUT2D eigenvalue weighted by Crippen LogP contribution is -2.24. The summed E-state index contributed by atoms with van der Waals surface area (Å²) in [6.45, 7) is 7.12. The smallest absolute Gasteiger partial charge is 0.251 e. The van der Waals surface area contributed by atoms with Gasteiger partial charge in [0.25, 0.3) is 5.91 Å². The standard InChI is InChI=1S/C29H31ClN4O2S/c1-4-5-15-36-25-13-10-23(11-14-25)28(35)31-18-27-32-33-29(37-19-22-8-6-7-20(2)16-22)34(27)26-17-24(30)12-9-21(26)3/h6-14,16-17H,4-5,15,18-19H2,1-3H3,(H,31,35). The van der Waals surface area contributed by atoms with Crippen LogP contribution in [-0.2, 0) is 12.3 Å². The van der Waals surface area contributed by atoms with Crippen LogP contribution < -0.4 is 10.1 Å². The van der Waals surface area contributed by atoms with Crippen molar-refractivity contribution in [3.63, 3.8) is 0 Å². The third-order valence-electron chi connectivity index (χ3n) is 5.85. The summed E-state index contributed by atoms with van der Waals surface area (Å²) in [5.41, 5.74) is 4.91. The van der Waals surface area contributed by atoms with Gasteiger partial charge in [0.1, 0.15) is 5.75 Å². The number of nitrogens with one attached hydrogen (secondary N) is 1. The second kappa shape index (κ2) is 12.8. The van der Waals surface area contributed by atoms with Gasteiger partial charge >= 0.3 is 0 Å². The molecule has 0 bridgehead atoms. The molecule has 1 amide bonds. The van der Waals surface area contributed by atoms with Gasteiger partial charge in [-0.2, -0.15) is 0 Å². The van der Waals surface area contributed by atoms with E-state index < -0.39 is 0 Å². The monoisotopic (exact) mass is 534 g/mol. The lowest BCUT2D eigenvalue weighted by Gasteiger charge is -2.14. The minimum Gasteiger partial charge on any atom is -0.494 e. The number of carbonyl (C=O) groups is 1. The Bertz CT molecular complexity index is 1350. The van der Waals surface area contributed by atoms with Gasteiger partial charge in [-0.25, -0.2) is 0 Å². The molecule has 0 atom stereocenters. The number of hydrogen-bond donors (Lipinski definition) is 1. The molecule has 1 aromatic heterocycles. The van der Waals surface area contributed by atoms with E-state index in [1.165, 1.54) is 11.1 Å². The second-order valence-electron chi connectivity index (χ2n) is 8.85. The largest absolute Gasteiger partial charge is 0.494 e. The van der Waals surface area contributed by atoms with Crippen molar-refractivity contribution in [1.29, 1.82) is 0 Å². The molecule has 1 N–H and O–H groups in total. The number of unbranched alkanes of at least 4 members (excludes halogenated alkanes) is 1.